The van der Waals surface area contributed by atoms with Gasteiger partial charge in [0.1, 0.15) is 0 Å². The average Bonchev–Trinajstić information content (AvgIpc) is 3.01. The molecule has 0 unspecified atom stereocenters. The Morgan fingerprint density at radius 1 is 0.889 bits per heavy atom. The molecule has 1 aromatic carbocycles. The van der Waals surface area contributed by atoms with Crippen LogP contribution >= 0.6 is 0 Å². The summed E-state index contributed by atoms with van der Waals surface area (Å²) in [7, 11) is 0. The van der Waals surface area contributed by atoms with Gasteiger partial charge in [-0.25, -0.2) is 4.79 Å². The number of benzene rings is 1. The summed E-state index contributed by atoms with van der Waals surface area (Å²) < 4.78 is 4.37. The number of hydrogen-bond acceptors (Lipinski definition) is 3. The van der Waals surface area contributed by atoms with E-state index >= 15 is 0 Å². The lowest BCUT2D eigenvalue weighted by Crippen LogP contribution is -1.90. The molecule has 0 spiro atoms. The molecular weight excluding hydrogens is 228 g/mol. The maximum Gasteiger partial charge on any atom is 0.335 e. The van der Waals surface area contributed by atoms with Crippen LogP contribution < -0.4 is 5.63 Å². The van der Waals surface area contributed by atoms with Gasteiger partial charge in [-0.05, 0) is 12.1 Å². The van der Waals surface area contributed by atoms with E-state index in [0.717, 1.165) is 0 Å². The molecule has 3 rings (SSSR count). The number of nitrogens with zero attached hydrogens (tertiary/aromatic N) is 1. The number of rotatable bonds is 0. The molecule has 0 saturated carbocycles. The minimum atomic E-state index is -0.303. The number of nitrogens with one attached hydrogen (secondary N) is 1. The number of H-pyrrole nitrogens is 1. The second-order valence-corrected chi connectivity index (χ2v) is 3.05. The Kier molecular flexibility index (Phi) is 7.17. The van der Waals surface area contributed by atoms with Crippen molar-refractivity contribution >= 4 is 0 Å². The quantitative estimate of drug-likeness (QED) is 0.659. The van der Waals surface area contributed by atoms with Crippen molar-refractivity contribution in [1.29, 1.82) is 0 Å². The van der Waals surface area contributed by atoms with Crippen molar-refractivity contribution in [3.63, 3.8) is 0 Å². The van der Waals surface area contributed by atoms with Gasteiger partial charge in [0, 0.05) is 18.5 Å². The van der Waals surface area contributed by atoms with Crippen LogP contribution in [-0.2, 0) is 0 Å². The Morgan fingerprint density at radius 3 is 1.78 bits per heavy atom. The van der Waals surface area contributed by atoms with Crippen LogP contribution in [0, 0.1) is 0 Å². The SMILES string of the molecule is O=c1cccco1.c1ccccc1.c1cn[nH]c1. The molecule has 3 aromatic rings. The van der Waals surface area contributed by atoms with Crippen molar-refractivity contribution in [2.24, 2.45) is 0 Å². The molecule has 92 valence electrons. The van der Waals surface area contributed by atoms with Crippen molar-refractivity contribution < 1.29 is 4.42 Å². The first-order valence-corrected chi connectivity index (χ1v) is 5.37. The molecule has 0 saturated heterocycles. The molecule has 0 atom stereocenters. The molecule has 0 radical (unpaired) electrons. The normalized spacial score (nSPS) is 8.22. The van der Waals surface area contributed by atoms with Crippen LogP contribution in [0.25, 0.3) is 0 Å². The van der Waals surface area contributed by atoms with E-state index in [1.807, 2.05) is 42.5 Å². The zero-order valence-electron chi connectivity index (χ0n) is 9.77. The minimum absolute atomic E-state index is 0.303. The maximum absolute atomic E-state index is 10.1. The van der Waals surface area contributed by atoms with Gasteiger partial charge in [0.15, 0.2) is 0 Å². The summed E-state index contributed by atoms with van der Waals surface area (Å²) in [6.45, 7) is 0. The predicted octanol–water partition coefficient (Wildman–Crippen LogP) is 2.74. The van der Waals surface area contributed by atoms with E-state index in [1.54, 1.807) is 24.5 Å². The average molecular weight is 242 g/mol. The lowest BCUT2D eigenvalue weighted by Gasteiger charge is -1.72. The summed E-state index contributed by atoms with van der Waals surface area (Å²) in [5.41, 5.74) is -0.303. The Hall–Kier alpha value is -2.62. The second kappa shape index (κ2) is 9.59. The monoisotopic (exact) mass is 242 g/mol. The van der Waals surface area contributed by atoms with Gasteiger partial charge >= 0.3 is 5.63 Å². The first kappa shape index (κ1) is 13.4. The molecule has 0 fully saturated rings. The van der Waals surface area contributed by atoms with E-state index in [2.05, 4.69) is 14.6 Å². The van der Waals surface area contributed by atoms with Crippen LogP contribution in [0.4, 0.5) is 0 Å². The number of hydrogen-bond donors (Lipinski definition) is 1. The first-order chi connectivity index (χ1) is 8.89. The highest BCUT2D eigenvalue weighted by atomic mass is 16.4. The van der Waals surface area contributed by atoms with Crippen LogP contribution in [0.15, 0.2) is 88.5 Å². The zero-order chi connectivity index (χ0) is 12.9. The lowest BCUT2D eigenvalue weighted by atomic mass is 10.4. The third-order valence-corrected chi connectivity index (χ3v) is 1.68. The standard InChI is InChI=1S/C6H6.C5H4O2.C3H4N2/c1-2-4-6-5-3-1;6-5-3-1-2-4-7-5;1-2-4-5-3-1/h1-6H;1-4H;1-3H,(H,4,5). The predicted molar refractivity (Wildman–Crippen MR) is 70.0 cm³/mol. The number of aromatic amines is 1. The van der Waals surface area contributed by atoms with Gasteiger partial charge in [-0.15, -0.1) is 0 Å². The highest BCUT2D eigenvalue weighted by Crippen LogP contribution is 1.79. The second-order valence-electron chi connectivity index (χ2n) is 3.05. The van der Waals surface area contributed by atoms with Gasteiger partial charge in [0.25, 0.3) is 0 Å². The Morgan fingerprint density at radius 2 is 1.56 bits per heavy atom. The molecular formula is C14H14N2O2. The van der Waals surface area contributed by atoms with Crippen LogP contribution in [-0.4, -0.2) is 10.2 Å². The highest BCUT2D eigenvalue weighted by molar-refractivity contribution is 4.99. The van der Waals surface area contributed by atoms with Crippen molar-refractivity contribution in [3.05, 3.63) is 89.7 Å². The molecule has 0 bridgehead atoms. The number of aromatic nitrogens is 2. The first-order valence-electron chi connectivity index (χ1n) is 5.37. The fourth-order valence-electron chi connectivity index (χ4n) is 0.925. The fourth-order valence-corrected chi connectivity index (χ4v) is 0.925. The van der Waals surface area contributed by atoms with Gasteiger partial charge < -0.3 is 4.42 Å². The van der Waals surface area contributed by atoms with E-state index in [0.29, 0.717) is 0 Å². The summed E-state index contributed by atoms with van der Waals surface area (Å²) in [5, 5.41) is 6.21. The smallest absolute Gasteiger partial charge is 0.335 e. The maximum atomic E-state index is 10.1. The molecule has 2 heterocycles. The van der Waals surface area contributed by atoms with Gasteiger partial charge in [0.05, 0.1) is 6.26 Å². The third kappa shape index (κ3) is 7.64. The molecule has 18 heavy (non-hydrogen) atoms. The Balaban J connectivity index is 0.000000137. The van der Waals surface area contributed by atoms with Crippen LogP contribution in [0.5, 0.6) is 0 Å². The molecule has 4 heteroatoms. The summed E-state index contributed by atoms with van der Waals surface area (Å²) in [5.74, 6) is 0. The molecule has 0 aliphatic carbocycles. The van der Waals surface area contributed by atoms with Crippen molar-refractivity contribution in [1.82, 2.24) is 10.2 Å². The summed E-state index contributed by atoms with van der Waals surface area (Å²) in [6, 6.07) is 18.5. The highest BCUT2D eigenvalue weighted by Gasteiger charge is 1.72. The van der Waals surface area contributed by atoms with Crippen LogP contribution in [0.1, 0.15) is 0 Å². The van der Waals surface area contributed by atoms with Crippen molar-refractivity contribution in [2.45, 2.75) is 0 Å². The van der Waals surface area contributed by atoms with Crippen molar-refractivity contribution in [3.8, 4) is 0 Å². The van der Waals surface area contributed by atoms with E-state index in [-0.39, 0.29) is 5.63 Å². The third-order valence-electron chi connectivity index (χ3n) is 1.68. The Bertz CT molecular complexity index is 472. The molecule has 4 nitrogen and oxygen atoms in total. The van der Waals surface area contributed by atoms with E-state index in [9.17, 15) is 4.79 Å². The molecule has 0 amide bonds. The molecule has 0 aliphatic rings. The molecule has 2 aromatic heterocycles. The minimum Gasteiger partial charge on any atom is -0.431 e. The van der Waals surface area contributed by atoms with E-state index in [1.165, 1.54) is 12.3 Å². The van der Waals surface area contributed by atoms with E-state index < -0.39 is 0 Å². The lowest BCUT2D eigenvalue weighted by molar-refractivity contribution is 0.511. The summed E-state index contributed by atoms with van der Waals surface area (Å²) in [4.78, 5) is 10.1. The van der Waals surface area contributed by atoms with Gasteiger partial charge in [0.2, 0.25) is 0 Å². The summed E-state index contributed by atoms with van der Waals surface area (Å²) in [6.07, 6.45) is 4.81. The van der Waals surface area contributed by atoms with Crippen molar-refractivity contribution in [2.75, 3.05) is 0 Å². The largest absolute Gasteiger partial charge is 0.431 e. The van der Waals surface area contributed by atoms with E-state index in [4.69, 9.17) is 0 Å². The zero-order valence-corrected chi connectivity index (χ0v) is 9.77. The van der Waals surface area contributed by atoms with Gasteiger partial charge in [-0.2, -0.15) is 5.10 Å². The van der Waals surface area contributed by atoms with Crippen LogP contribution in [0.3, 0.4) is 0 Å². The van der Waals surface area contributed by atoms with Gasteiger partial charge in [-0.3, -0.25) is 5.10 Å². The van der Waals surface area contributed by atoms with Crippen LogP contribution in [0.2, 0.25) is 0 Å². The topological polar surface area (TPSA) is 58.9 Å². The molecule has 0 aliphatic heterocycles. The Labute approximate surface area is 105 Å². The molecule has 1 N–H and O–H groups in total. The van der Waals surface area contributed by atoms with Gasteiger partial charge in [-0.1, -0.05) is 42.5 Å². The summed E-state index contributed by atoms with van der Waals surface area (Å²) >= 11 is 0. The fraction of sp³-hybridized carbons (Fsp3) is 0.